The molecule has 0 aliphatic rings. The van der Waals surface area contributed by atoms with E-state index in [-0.39, 0.29) is 19.5 Å². The smallest absolute Gasteiger partial charge is 0.248 e. The van der Waals surface area contributed by atoms with Gasteiger partial charge in [-0.25, -0.2) is 0 Å². The molecule has 0 saturated heterocycles. The standard InChI is InChI=1S/C28H31NO7/c1-31-19-35-26-14-6-22(18-27(26)36-20-32-2)7-15-28(30)29-23-8-12-25(13-9-23)34-17-16-21-4-10-24(33-3)11-5-21/h4-15,18H,16-17,19-20H2,1-3H3,(H,29,30)/b15-7+. The molecule has 0 unspecified atom stereocenters. The van der Waals surface area contributed by atoms with Gasteiger partial charge in [-0.15, -0.1) is 0 Å². The van der Waals surface area contributed by atoms with Crippen molar-refractivity contribution in [3.63, 3.8) is 0 Å². The molecule has 0 heterocycles. The SMILES string of the molecule is COCOc1ccc(/C=C/C(=O)Nc2ccc(OCCc3ccc(OC)cc3)cc2)cc1OCOC. The molecule has 0 saturated carbocycles. The summed E-state index contributed by atoms with van der Waals surface area (Å²) in [5, 5.41) is 2.83. The van der Waals surface area contributed by atoms with Gasteiger partial charge in [0, 0.05) is 32.4 Å². The van der Waals surface area contributed by atoms with Crippen molar-refractivity contribution in [1.82, 2.24) is 0 Å². The minimum atomic E-state index is -0.262. The molecular formula is C28H31NO7. The number of carbonyl (C=O) groups excluding carboxylic acids is 1. The zero-order valence-corrected chi connectivity index (χ0v) is 20.7. The highest BCUT2D eigenvalue weighted by Gasteiger charge is 2.07. The second-order valence-corrected chi connectivity index (χ2v) is 7.60. The third-order valence-electron chi connectivity index (χ3n) is 5.00. The second-order valence-electron chi connectivity index (χ2n) is 7.60. The van der Waals surface area contributed by atoms with E-state index in [1.54, 1.807) is 37.5 Å². The van der Waals surface area contributed by atoms with Crippen LogP contribution in [0.4, 0.5) is 5.69 Å². The maximum absolute atomic E-state index is 12.4. The average molecular weight is 494 g/mol. The lowest BCUT2D eigenvalue weighted by atomic mass is 10.1. The molecule has 190 valence electrons. The van der Waals surface area contributed by atoms with Gasteiger partial charge < -0.3 is 33.7 Å². The Hall–Kier alpha value is -4.01. The van der Waals surface area contributed by atoms with Crippen molar-refractivity contribution in [2.24, 2.45) is 0 Å². The molecule has 0 radical (unpaired) electrons. The van der Waals surface area contributed by atoms with Gasteiger partial charge in [-0.05, 0) is 65.7 Å². The van der Waals surface area contributed by atoms with E-state index in [9.17, 15) is 4.79 Å². The summed E-state index contributed by atoms with van der Waals surface area (Å²) in [6, 6.07) is 20.5. The number of amides is 1. The molecule has 0 aliphatic carbocycles. The van der Waals surface area contributed by atoms with Crippen molar-refractivity contribution in [2.45, 2.75) is 6.42 Å². The van der Waals surface area contributed by atoms with E-state index in [4.69, 9.17) is 28.4 Å². The molecule has 36 heavy (non-hydrogen) atoms. The maximum Gasteiger partial charge on any atom is 0.248 e. The molecule has 3 rings (SSSR count). The van der Waals surface area contributed by atoms with Crippen LogP contribution >= 0.6 is 0 Å². The fourth-order valence-corrected chi connectivity index (χ4v) is 3.17. The highest BCUT2D eigenvalue weighted by molar-refractivity contribution is 6.02. The lowest BCUT2D eigenvalue weighted by Crippen LogP contribution is -2.08. The van der Waals surface area contributed by atoms with E-state index in [1.165, 1.54) is 25.9 Å². The van der Waals surface area contributed by atoms with Crippen LogP contribution < -0.4 is 24.3 Å². The van der Waals surface area contributed by atoms with Crippen LogP contribution in [-0.4, -0.2) is 47.4 Å². The Kier molecular flexibility index (Phi) is 10.6. The van der Waals surface area contributed by atoms with E-state index < -0.39 is 0 Å². The van der Waals surface area contributed by atoms with E-state index >= 15 is 0 Å². The molecule has 1 N–H and O–H groups in total. The Morgan fingerprint density at radius 3 is 2.11 bits per heavy atom. The summed E-state index contributed by atoms with van der Waals surface area (Å²) in [6.07, 6.45) is 3.92. The van der Waals surface area contributed by atoms with E-state index in [1.807, 2.05) is 42.5 Å². The van der Waals surface area contributed by atoms with Gasteiger partial charge in [-0.1, -0.05) is 18.2 Å². The topological polar surface area (TPSA) is 84.5 Å². The first-order chi connectivity index (χ1) is 17.6. The van der Waals surface area contributed by atoms with Gasteiger partial charge in [0.2, 0.25) is 5.91 Å². The van der Waals surface area contributed by atoms with Gasteiger partial charge in [-0.2, -0.15) is 0 Å². The van der Waals surface area contributed by atoms with Crippen LogP contribution in [0.15, 0.2) is 72.8 Å². The number of nitrogens with one attached hydrogen (secondary N) is 1. The normalized spacial score (nSPS) is 10.8. The van der Waals surface area contributed by atoms with Gasteiger partial charge in [0.05, 0.1) is 13.7 Å². The fraction of sp³-hybridized carbons (Fsp3) is 0.250. The molecule has 0 bridgehead atoms. The van der Waals surface area contributed by atoms with Gasteiger partial charge in [-0.3, -0.25) is 4.79 Å². The molecule has 0 spiro atoms. The van der Waals surface area contributed by atoms with Crippen LogP contribution in [0.3, 0.4) is 0 Å². The molecule has 0 atom stereocenters. The summed E-state index contributed by atoms with van der Waals surface area (Å²) in [6.45, 7) is 0.706. The summed E-state index contributed by atoms with van der Waals surface area (Å²) >= 11 is 0. The number of benzene rings is 3. The van der Waals surface area contributed by atoms with Gasteiger partial charge in [0.25, 0.3) is 0 Å². The van der Waals surface area contributed by atoms with E-state index in [0.29, 0.717) is 23.8 Å². The Morgan fingerprint density at radius 1 is 0.778 bits per heavy atom. The van der Waals surface area contributed by atoms with Gasteiger partial charge >= 0.3 is 0 Å². The third-order valence-corrected chi connectivity index (χ3v) is 5.00. The number of ether oxygens (including phenoxy) is 6. The van der Waals surface area contributed by atoms with Crippen molar-refractivity contribution in [3.05, 3.63) is 83.9 Å². The number of hydrogen-bond donors (Lipinski definition) is 1. The molecule has 8 heteroatoms. The first kappa shape index (κ1) is 26.6. The first-order valence-electron chi connectivity index (χ1n) is 11.3. The highest BCUT2D eigenvalue weighted by atomic mass is 16.7. The number of anilines is 1. The maximum atomic E-state index is 12.4. The molecule has 3 aromatic rings. The van der Waals surface area contributed by atoms with Crippen LogP contribution in [0.1, 0.15) is 11.1 Å². The largest absolute Gasteiger partial charge is 0.497 e. The van der Waals surface area contributed by atoms with Crippen molar-refractivity contribution < 1.29 is 33.2 Å². The van der Waals surface area contributed by atoms with Gasteiger partial charge in [0.1, 0.15) is 11.5 Å². The molecule has 0 fully saturated rings. The Balaban J connectivity index is 1.50. The molecule has 3 aromatic carbocycles. The number of carbonyl (C=O) groups is 1. The quantitative estimate of drug-likeness (QED) is 0.252. The third kappa shape index (κ3) is 8.65. The minimum absolute atomic E-state index is 0.0676. The predicted molar refractivity (Wildman–Crippen MR) is 138 cm³/mol. The summed E-state index contributed by atoms with van der Waals surface area (Å²) in [4.78, 5) is 12.4. The Labute approximate surface area is 211 Å². The van der Waals surface area contributed by atoms with Crippen LogP contribution in [-0.2, 0) is 20.7 Å². The molecular weight excluding hydrogens is 462 g/mol. The highest BCUT2D eigenvalue weighted by Crippen LogP contribution is 2.29. The molecule has 0 aromatic heterocycles. The van der Waals surface area contributed by atoms with Crippen molar-refractivity contribution in [3.8, 4) is 23.0 Å². The van der Waals surface area contributed by atoms with Crippen LogP contribution in [0.2, 0.25) is 0 Å². The van der Waals surface area contributed by atoms with Crippen molar-refractivity contribution in [1.29, 1.82) is 0 Å². The van der Waals surface area contributed by atoms with Crippen LogP contribution in [0.25, 0.3) is 6.08 Å². The average Bonchev–Trinajstić information content (AvgIpc) is 2.91. The van der Waals surface area contributed by atoms with Crippen molar-refractivity contribution >= 4 is 17.7 Å². The molecule has 0 aliphatic heterocycles. The van der Waals surface area contributed by atoms with Crippen molar-refractivity contribution in [2.75, 3.05) is 46.8 Å². The second kappa shape index (κ2) is 14.4. The predicted octanol–water partition coefficient (Wildman–Crippen LogP) is 4.93. The summed E-state index contributed by atoms with van der Waals surface area (Å²) < 4.78 is 31.9. The lowest BCUT2D eigenvalue weighted by Gasteiger charge is -2.12. The zero-order valence-electron chi connectivity index (χ0n) is 20.7. The Bertz CT molecular complexity index is 1110. The van der Waals surface area contributed by atoms with E-state index in [2.05, 4.69) is 5.32 Å². The summed E-state index contributed by atoms with van der Waals surface area (Å²) in [5.74, 6) is 2.30. The minimum Gasteiger partial charge on any atom is -0.497 e. The van der Waals surface area contributed by atoms with Crippen LogP contribution in [0, 0.1) is 0 Å². The lowest BCUT2D eigenvalue weighted by molar-refractivity contribution is -0.111. The molecule has 1 amide bonds. The van der Waals surface area contributed by atoms with Crippen LogP contribution in [0.5, 0.6) is 23.0 Å². The van der Waals surface area contributed by atoms with E-state index in [0.717, 1.165) is 23.5 Å². The fourth-order valence-electron chi connectivity index (χ4n) is 3.17. The summed E-state index contributed by atoms with van der Waals surface area (Å²) in [7, 11) is 4.72. The number of rotatable bonds is 14. The van der Waals surface area contributed by atoms with Gasteiger partial charge in [0.15, 0.2) is 25.1 Å². The number of methoxy groups -OCH3 is 3. The Morgan fingerprint density at radius 2 is 1.44 bits per heavy atom. The zero-order chi connectivity index (χ0) is 25.6. The summed E-state index contributed by atoms with van der Waals surface area (Å²) in [5.41, 5.74) is 2.60. The monoisotopic (exact) mass is 493 g/mol. The number of hydrogen-bond acceptors (Lipinski definition) is 7. The first-order valence-corrected chi connectivity index (χ1v) is 11.3. The molecule has 8 nitrogen and oxygen atoms in total.